The molecule has 1 unspecified atom stereocenters. The summed E-state index contributed by atoms with van der Waals surface area (Å²) >= 11 is 0. The Morgan fingerprint density at radius 2 is 1.95 bits per heavy atom. The summed E-state index contributed by atoms with van der Waals surface area (Å²) in [6.45, 7) is 5.42. The predicted molar refractivity (Wildman–Crippen MR) is 70.7 cm³/mol. The zero-order valence-electron chi connectivity index (χ0n) is 11.4. The number of hydrogen-bond donors (Lipinski definition) is 1. The fourth-order valence-electron chi connectivity index (χ4n) is 2.00. The molecular weight excluding hydrogens is 247 g/mol. The van der Waals surface area contributed by atoms with Gasteiger partial charge in [0.1, 0.15) is 5.82 Å². The standard InChI is InChI=1S/C15H19FO3/c1-9(2)6-12(15(18)19)8-14(17)11-4-5-13(16)10(3)7-11/h4-5,7,9,12H,6,8H2,1-3H3,(H,18,19). The fourth-order valence-corrected chi connectivity index (χ4v) is 2.00. The van der Waals surface area contributed by atoms with Crippen molar-refractivity contribution in [3.8, 4) is 0 Å². The zero-order chi connectivity index (χ0) is 14.6. The number of carboxylic acid groups (broad SMARTS) is 1. The second kappa shape index (κ2) is 6.45. The van der Waals surface area contributed by atoms with Crippen molar-refractivity contribution in [1.29, 1.82) is 0 Å². The molecule has 1 aromatic carbocycles. The Morgan fingerprint density at radius 1 is 1.32 bits per heavy atom. The van der Waals surface area contributed by atoms with E-state index in [9.17, 15) is 14.0 Å². The summed E-state index contributed by atoms with van der Waals surface area (Å²) in [5, 5.41) is 9.10. The van der Waals surface area contributed by atoms with Crippen molar-refractivity contribution >= 4 is 11.8 Å². The molecule has 0 saturated heterocycles. The van der Waals surface area contributed by atoms with Crippen LogP contribution in [0.2, 0.25) is 0 Å². The van der Waals surface area contributed by atoms with Crippen molar-refractivity contribution in [2.75, 3.05) is 0 Å². The number of ketones is 1. The van der Waals surface area contributed by atoms with Crippen LogP contribution >= 0.6 is 0 Å². The third-order valence-electron chi connectivity index (χ3n) is 3.02. The lowest BCUT2D eigenvalue weighted by atomic mass is 9.90. The molecule has 0 heterocycles. The van der Waals surface area contributed by atoms with Crippen molar-refractivity contribution < 1.29 is 19.1 Å². The molecule has 4 heteroatoms. The molecule has 19 heavy (non-hydrogen) atoms. The van der Waals surface area contributed by atoms with Crippen LogP contribution in [-0.4, -0.2) is 16.9 Å². The van der Waals surface area contributed by atoms with Gasteiger partial charge in [-0.1, -0.05) is 13.8 Å². The van der Waals surface area contributed by atoms with Gasteiger partial charge in [0, 0.05) is 12.0 Å². The van der Waals surface area contributed by atoms with E-state index in [0.717, 1.165) is 0 Å². The average molecular weight is 266 g/mol. The molecule has 0 bridgehead atoms. The number of aryl methyl sites for hydroxylation is 1. The quantitative estimate of drug-likeness (QED) is 0.802. The van der Waals surface area contributed by atoms with Gasteiger partial charge in [-0.25, -0.2) is 4.39 Å². The molecule has 0 radical (unpaired) electrons. The summed E-state index contributed by atoms with van der Waals surface area (Å²) in [6.07, 6.45) is 0.417. The van der Waals surface area contributed by atoms with Gasteiger partial charge < -0.3 is 5.11 Å². The zero-order valence-corrected chi connectivity index (χ0v) is 11.4. The van der Waals surface area contributed by atoms with Crippen LogP contribution in [0, 0.1) is 24.6 Å². The van der Waals surface area contributed by atoms with E-state index in [1.807, 2.05) is 13.8 Å². The maximum atomic E-state index is 13.1. The van der Waals surface area contributed by atoms with E-state index >= 15 is 0 Å². The van der Waals surface area contributed by atoms with Gasteiger partial charge in [-0.15, -0.1) is 0 Å². The summed E-state index contributed by atoms with van der Waals surface area (Å²) in [5.74, 6) is -2.05. The maximum Gasteiger partial charge on any atom is 0.306 e. The molecule has 104 valence electrons. The van der Waals surface area contributed by atoms with Crippen LogP contribution < -0.4 is 0 Å². The van der Waals surface area contributed by atoms with Crippen LogP contribution in [0.25, 0.3) is 0 Å². The summed E-state index contributed by atoms with van der Waals surface area (Å²) in [7, 11) is 0. The molecule has 1 atom stereocenters. The average Bonchev–Trinajstić information content (AvgIpc) is 2.31. The van der Waals surface area contributed by atoms with Crippen LogP contribution in [0.15, 0.2) is 18.2 Å². The molecule has 0 amide bonds. The summed E-state index contributed by atoms with van der Waals surface area (Å²) in [6, 6.07) is 4.10. The largest absolute Gasteiger partial charge is 0.481 e. The Morgan fingerprint density at radius 3 is 2.42 bits per heavy atom. The lowest BCUT2D eigenvalue weighted by Crippen LogP contribution is -2.20. The van der Waals surface area contributed by atoms with Gasteiger partial charge in [-0.3, -0.25) is 9.59 Å². The lowest BCUT2D eigenvalue weighted by molar-refractivity contribution is -0.142. The number of Topliss-reactive ketones (excluding diaryl/α,β-unsaturated/α-hetero) is 1. The molecule has 3 nitrogen and oxygen atoms in total. The van der Waals surface area contributed by atoms with Gasteiger partial charge in [0.15, 0.2) is 5.78 Å². The van der Waals surface area contributed by atoms with Gasteiger partial charge >= 0.3 is 5.97 Å². The van der Waals surface area contributed by atoms with Gasteiger partial charge in [0.2, 0.25) is 0 Å². The van der Waals surface area contributed by atoms with Crippen LogP contribution in [0.5, 0.6) is 0 Å². The van der Waals surface area contributed by atoms with E-state index in [-0.39, 0.29) is 23.9 Å². The highest BCUT2D eigenvalue weighted by Gasteiger charge is 2.23. The normalized spacial score (nSPS) is 12.5. The van der Waals surface area contributed by atoms with Crippen molar-refractivity contribution in [2.45, 2.75) is 33.6 Å². The Balaban J connectivity index is 2.81. The van der Waals surface area contributed by atoms with Crippen LogP contribution in [-0.2, 0) is 4.79 Å². The number of carbonyl (C=O) groups excluding carboxylic acids is 1. The van der Waals surface area contributed by atoms with Crippen LogP contribution in [0.3, 0.4) is 0 Å². The number of carboxylic acids is 1. The third kappa shape index (κ3) is 4.47. The lowest BCUT2D eigenvalue weighted by Gasteiger charge is -2.14. The van der Waals surface area contributed by atoms with Gasteiger partial charge in [-0.2, -0.15) is 0 Å². The number of carbonyl (C=O) groups is 2. The minimum atomic E-state index is -0.958. The summed E-state index contributed by atoms with van der Waals surface area (Å²) in [5.41, 5.74) is 0.760. The fraction of sp³-hybridized carbons (Fsp3) is 0.467. The number of benzene rings is 1. The molecule has 0 aromatic heterocycles. The molecule has 1 rings (SSSR count). The predicted octanol–water partition coefficient (Wildman–Crippen LogP) is 3.45. The van der Waals surface area contributed by atoms with E-state index in [0.29, 0.717) is 17.5 Å². The molecule has 0 aliphatic heterocycles. The Bertz CT molecular complexity index is 480. The first kappa shape index (κ1) is 15.3. The second-order valence-electron chi connectivity index (χ2n) is 5.26. The van der Waals surface area contributed by atoms with Crippen LogP contribution in [0.4, 0.5) is 4.39 Å². The Hall–Kier alpha value is -1.71. The molecule has 1 aromatic rings. The van der Waals surface area contributed by atoms with Gasteiger partial charge in [0.05, 0.1) is 5.92 Å². The van der Waals surface area contributed by atoms with E-state index in [2.05, 4.69) is 0 Å². The monoisotopic (exact) mass is 266 g/mol. The highest BCUT2D eigenvalue weighted by Crippen LogP contribution is 2.19. The van der Waals surface area contributed by atoms with Crippen molar-refractivity contribution in [3.05, 3.63) is 35.1 Å². The number of rotatable bonds is 6. The first-order valence-corrected chi connectivity index (χ1v) is 6.33. The maximum absolute atomic E-state index is 13.1. The number of halogens is 1. The first-order valence-electron chi connectivity index (χ1n) is 6.33. The molecule has 0 aliphatic rings. The van der Waals surface area contributed by atoms with Crippen molar-refractivity contribution in [3.63, 3.8) is 0 Å². The smallest absolute Gasteiger partial charge is 0.306 e. The van der Waals surface area contributed by atoms with Gasteiger partial charge in [-0.05, 0) is 43.0 Å². The summed E-state index contributed by atoms with van der Waals surface area (Å²) < 4.78 is 13.1. The molecular formula is C15H19FO3. The Labute approximate surface area is 112 Å². The first-order chi connectivity index (χ1) is 8.81. The second-order valence-corrected chi connectivity index (χ2v) is 5.26. The summed E-state index contributed by atoms with van der Waals surface area (Å²) in [4.78, 5) is 23.1. The highest BCUT2D eigenvalue weighted by molar-refractivity contribution is 5.98. The van der Waals surface area contributed by atoms with Crippen molar-refractivity contribution in [1.82, 2.24) is 0 Å². The number of aliphatic carboxylic acids is 1. The minimum absolute atomic E-state index is 0.0431. The number of hydrogen-bond acceptors (Lipinski definition) is 2. The van der Waals surface area contributed by atoms with E-state index in [1.54, 1.807) is 6.92 Å². The topological polar surface area (TPSA) is 54.4 Å². The van der Waals surface area contributed by atoms with Crippen molar-refractivity contribution in [2.24, 2.45) is 11.8 Å². The Kier molecular flexibility index (Phi) is 5.21. The molecule has 1 N–H and O–H groups in total. The highest BCUT2D eigenvalue weighted by atomic mass is 19.1. The van der Waals surface area contributed by atoms with E-state index in [4.69, 9.17) is 5.11 Å². The van der Waals surface area contributed by atoms with E-state index < -0.39 is 11.9 Å². The molecule has 0 fully saturated rings. The molecule has 0 saturated carbocycles. The van der Waals surface area contributed by atoms with E-state index in [1.165, 1.54) is 18.2 Å². The van der Waals surface area contributed by atoms with Crippen LogP contribution in [0.1, 0.15) is 42.6 Å². The SMILES string of the molecule is Cc1cc(C(=O)CC(CC(C)C)C(=O)O)ccc1F. The minimum Gasteiger partial charge on any atom is -0.481 e. The van der Waals surface area contributed by atoms with Gasteiger partial charge in [0.25, 0.3) is 0 Å². The third-order valence-corrected chi connectivity index (χ3v) is 3.02. The molecule has 0 aliphatic carbocycles. The molecule has 0 spiro atoms.